The summed E-state index contributed by atoms with van der Waals surface area (Å²) in [7, 11) is -0.0810. The van der Waals surface area contributed by atoms with Crippen molar-refractivity contribution in [2.45, 2.75) is 83.7 Å². The Bertz CT molecular complexity index is 347. The van der Waals surface area contributed by atoms with E-state index in [1.165, 1.54) is 0 Å². The van der Waals surface area contributed by atoms with Gasteiger partial charge in [0.2, 0.25) is 0 Å². The Morgan fingerprint density at radius 3 is 2.05 bits per heavy atom. The number of unbranched alkanes of at least 4 members (excludes halogenated alkanes) is 1. The van der Waals surface area contributed by atoms with Crippen molar-refractivity contribution in [2.24, 2.45) is 0 Å². The Labute approximate surface area is 149 Å². The second kappa shape index (κ2) is 8.62. The predicted molar refractivity (Wildman–Crippen MR) is 103 cm³/mol. The minimum Gasteiger partial charge on any atom is -0.408 e. The molecule has 0 aliphatic carbocycles. The molecule has 0 aliphatic rings. The molecule has 0 fully saturated rings. The molecule has 0 aromatic heterocycles. The molecule has 5 heteroatoms. The molecule has 0 aromatic rings. The van der Waals surface area contributed by atoms with E-state index in [2.05, 4.69) is 85.6 Å². The first-order valence-corrected chi connectivity index (χ1v) is 12.1. The van der Waals surface area contributed by atoms with E-state index < -0.39 is 8.32 Å². The minimum absolute atomic E-state index is 0.0660. The molecule has 21 heavy (non-hydrogen) atoms. The van der Waals surface area contributed by atoms with Crippen molar-refractivity contribution in [3.05, 3.63) is 9.47 Å². The molecular weight excluding hydrogens is 412 g/mol. The summed E-state index contributed by atoms with van der Waals surface area (Å²) in [5, 5.41) is 0.178. The van der Waals surface area contributed by atoms with Crippen LogP contribution >= 0.6 is 31.9 Å². The predicted octanol–water partition coefficient (Wildman–Crippen LogP) is 6.60. The van der Waals surface area contributed by atoms with E-state index >= 15 is 0 Å². The highest BCUT2D eigenvalue weighted by atomic mass is 79.9. The maximum atomic E-state index is 6.64. The highest BCUT2D eigenvalue weighted by Gasteiger charge is 2.43. The molecule has 0 saturated carbocycles. The quantitative estimate of drug-likeness (QED) is 0.393. The van der Waals surface area contributed by atoms with E-state index in [1.807, 2.05) is 0 Å². The molecule has 0 amide bonds. The Balaban J connectivity index is 5.43. The van der Waals surface area contributed by atoms with Gasteiger partial charge in [-0.05, 0) is 69.4 Å². The number of hydrogen-bond acceptors (Lipinski definition) is 2. The first-order valence-electron chi connectivity index (χ1n) is 7.65. The van der Waals surface area contributed by atoms with Gasteiger partial charge in [-0.15, -0.1) is 0 Å². The highest BCUT2D eigenvalue weighted by Crippen LogP contribution is 2.40. The maximum Gasteiger partial charge on any atom is 0.193 e. The molecule has 0 unspecified atom stereocenters. The zero-order valence-electron chi connectivity index (χ0n) is 14.8. The third-order valence-corrected chi connectivity index (χ3v) is 9.58. The van der Waals surface area contributed by atoms with Crippen LogP contribution in [-0.2, 0) is 9.16 Å². The summed E-state index contributed by atoms with van der Waals surface area (Å²) in [5.74, 6) is 0. The van der Waals surface area contributed by atoms with Crippen LogP contribution in [0.5, 0.6) is 0 Å². The maximum absolute atomic E-state index is 6.64. The standard InChI is InChI=1S/C16H32Br2O2Si/c1-9-10-11-16(5,19-6)13(12-14(17)18)20-21(7,8)15(2,3)4/h12-13H,9-11H2,1-8H3/t13-,16-/m1/s1. The van der Waals surface area contributed by atoms with Gasteiger partial charge in [-0.2, -0.15) is 0 Å². The Morgan fingerprint density at radius 1 is 1.19 bits per heavy atom. The molecule has 0 N–H and O–H groups in total. The van der Waals surface area contributed by atoms with Gasteiger partial charge in [0.25, 0.3) is 0 Å². The van der Waals surface area contributed by atoms with Crippen molar-refractivity contribution in [1.29, 1.82) is 0 Å². The van der Waals surface area contributed by atoms with Crippen molar-refractivity contribution >= 4 is 40.2 Å². The lowest BCUT2D eigenvalue weighted by Gasteiger charge is -2.44. The lowest BCUT2D eigenvalue weighted by atomic mass is 9.92. The molecular formula is C16H32Br2O2Si. The molecule has 126 valence electrons. The van der Waals surface area contributed by atoms with Crippen LogP contribution in [0.2, 0.25) is 18.1 Å². The second-order valence-corrected chi connectivity index (χ2v) is 14.9. The molecule has 0 spiro atoms. The van der Waals surface area contributed by atoms with Crippen LogP contribution in [0.15, 0.2) is 9.47 Å². The van der Waals surface area contributed by atoms with Crippen molar-refractivity contribution in [1.82, 2.24) is 0 Å². The molecule has 0 saturated heterocycles. The molecule has 2 nitrogen and oxygen atoms in total. The first kappa shape index (κ1) is 21.8. The van der Waals surface area contributed by atoms with Gasteiger partial charge in [0, 0.05) is 7.11 Å². The van der Waals surface area contributed by atoms with Gasteiger partial charge in [-0.3, -0.25) is 0 Å². The van der Waals surface area contributed by atoms with Gasteiger partial charge >= 0.3 is 0 Å². The lowest BCUT2D eigenvalue weighted by molar-refractivity contribution is -0.0710. The minimum atomic E-state index is -1.87. The van der Waals surface area contributed by atoms with Gasteiger partial charge < -0.3 is 9.16 Å². The fourth-order valence-electron chi connectivity index (χ4n) is 1.83. The smallest absolute Gasteiger partial charge is 0.193 e. The Hall–Kier alpha value is 0.837. The summed E-state index contributed by atoms with van der Waals surface area (Å²) in [6, 6.07) is 0. The number of halogens is 2. The van der Waals surface area contributed by atoms with Crippen LogP contribution in [-0.4, -0.2) is 27.1 Å². The average Bonchev–Trinajstić information content (AvgIpc) is 2.33. The summed E-state index contributed by atoms with van der Waals surface area (Å²) < 4.78 is 13.4. The van der Waals surface area contributed by atoms with Gasteiger partial charge in [0.1, 0.15) is 0 Å². The highest BCUT2D eigenvalue weighted by molar-refractivity contribution is 9.28. The molecule has 0 aliphatic heterocycles. The molecule has 0 aromatic carbocycles. The first-order chi connectivity index (χ1) is 9.39. The average molecular weight is 444 g/mol. The number of hydrogen-bond donors (Lipinski definition) is 0. The molecule has 0 radical (unpaired) electrons. The van der Waals surface area contributed by atoms with Gasteiger partial charge in [0.15, 0.2) is 8.32 Å². The zero-order chi connectivity index (χ0) is 16.9. The van der Waals surface area contributed by atoms with E-state index in [0.717, 1.165) is 22.7 Å². The van der Waals surface area contributed by atoms with Crippen LogP contribution in [0.25, 0.3) is 0 Å². The summed E-state index contributed by atoms with van der Waals surface area (Å²) >= 11 is 6.96. The molecule has 0 heterocycles. The van der Waals surface area contributed by atoms with Crippen LogP contribution in [0, 0.1) is 0 Å². The van der Waals surface area contributed by atoms with E-state index in [1.54, 1.807) is 7.11 Å². The Morgan fingerprint density at radius 2 is 1.71 bits per heavy atom. The second-order valence-electron chi connectivity index (χ2n) is 7.38. The van der Waals surface area contributed by atoms with E-state index in [0.29, 0.717) is 0 Å². The van der Waals surface area contributed by atoms with Gasteiger partial charge in [-0.1, -0.05) is 40.5 Å². The van der Waals surface area contributed by atoms with Crippen LogP contribution < -0.4 is 0 Å². The Kier molecular flexibility index (Phi) is 8.97. The van der Waals surface area contributed by atoms with Crippen molar-refractivity contribution < 1.29 is 9.16 Å². The van der Waals surface area contributed by atoms with Crippen molar-refractivity contribution in [3.8, 4) is 0 Å². The SMILES string of the molecule is CCCC[C@@](C)(OC)[C@@H](C=C(Br)Br)O[Si](C)(C)C(C)(C)C. The zero-order valence-corrected chi connectivity index (χ0v) is 19.0. The largest absolute Gasteiger partial charge is 0.408 e. The van der Waals surface area contributed by atoms with E-state index in [-0.39, 0.29) is 16.7 Å². The fourth-order valence-corrected chi connectivity index (χ4v) is 3.62. The van der Waals surface area contributed by atoms with Crippen molar-refractivity contribution in [3.63, 3.8) is 0 Å². The number of methoxy groups -OCH3 is 1. The molecule has 2 atom stereocenters. The summed E-state index contributed by atoms with van der Waals surface area (Å²) in [6.45, 7) is 15.7. The van der Waals surface area contributed by atoms with Gasteiger partial charge in [0.05, 0.1) is 15.1 Å². The summed E-state index contributed by atoms with van der Waals surface area (Å²) in [5.41, 5.74) is -0.307. The van der Waals surface area contributed by atoms with Crippen LogP contribution in [0.4, 0.5) is 0 Å². The third kappa shape index (κ3) is 6.86. The topological polar surface area (TPSA) is 18.5 Å². The summed E-state index contributed by atoms with van der Waals surface area (Å²) in [6.07, 6.45) is 5.30. The van der Waals surface area contributed by atoms with Gasteiger partial charge in [-0.25, -0.2) is 0 Å². The molecule has 0 bridgehead atoms. The molecule has 0 rings (SSSR count). The third-order valence-electron chi connectivity index (χ3n) is 4.60. The number of rotatable bonds is 8. The van der Waals surface area contributed by atoms with Crippen LogP contribution in [0.3, 0.4) is 0 Å². The fraction of sp³-hybridized carbons (Fsp3) is 0.875. The van der Waals surface area contributed by atoms with E-state index in [9.17, 15) is 0 Å². The normalized spacial score (nSPS) is 17.2. The number of ether oxygens (including phenoxy) is 1. The van der Waals surface area contributed by atoms with Crippen LogP contribution in [0.1, 0.15) is 53.9 Å². The summed E-state index contributed by atoms with van der Waals surface area (Å²) in [4.78, 5) is 0. The van der Waals surface area contributed by atoms with E-state index in [4.69, 9.17) is 9.16 Å². The monoisotopic (exact) mass is 442 g/mol. The van der Waals surface area contributed by atoms with Crippen molar-refractivity contribution in [2.75, 3.05) is 7.11 Å². The lowest BCUT2D eigenvalue weighted by Crippen LogP contribution is -2.51.